The maximum absolute atomic E-state index is 15.2. The maximum Gasteiger partial charge on any atom is 0.257 e. The molecule has 1 amide bonds. The summed E-state index contributed by atoms with van der Waals surface area (Å²) in [5, 5.41) is 8.08. The van der Waals surface area contributed by atoms with Crippen LogP contribution in [0.5, 0.6) is 0 Å². The summed E-state index contributed by atoms with van der Waals surface area (Å²) in [6, 6.07) is 16.5. The molecule has 0 spiro atoms. The highest BCUT2D eigenvalue weighted by Gasteiger charge is 2.28. The number of benzene rings is 2. The van der Waals surface area contributed by atoms with E-state index in [9.17, 15) is 4.79 Å². The van der Waals surface area contributed by atoms with Gasteiger partial charge in [0.15, 0.2) is 5.65 Å². The lowest BCUT2D eigenvalue weighted by Crippen LogP contribution is -2.17. The highest BCUT2D eigenvalue weighted by atomic mass is 31.0. The SMILES string of the molecule is CCn1cc(NC(=O)c2cc3c(nc2C)nc(C(c2ccccc2F)c2ccccc2P)n3CC)cn1. The number of carbonyl (C=O) groups excluding carboxylic acids is 1. The fourth-order valence-corrected chi connectivity index (χ4v) is 5.04. The van der Waals surface area contributed by atoms with Crippen LogP contribution in [0.1, 0.15) is 52.8 Å². The number of hydrogen-bond acceptors (Lipinski definition) is 4. The first-order valence-electron chi connectivity index (χ1n) is 12.2. The number of hydrogen-bond donors (Lipinski definition) is 1. The van der Waals surface area contributed by atoms with Gasteiger partial charge in [0.2, 0.25) is 0 Å². The summed E-state index contributed by atoms with van der Waals surface area (Å²) in [5.41, 5.74) is 4.34. The molecule has 0 aliphatic rings. The Morgan fingerprint density at radius 3 is 2.46 bits per heavy atom. The van der Waals surface area contributed by atoms with Crippen molar-refractivity contribution in [1.82, 2.24) is 24.3 Å². The van der Waals surface area contributed by atoms with E-state index in [1.165, 1.54) is 6.07 Å². The normalized spacial score (nSPS) is 12.1. The Hall–Kier alpha value is -3.90. The van der Waals surface area contributed by atoms with E-state index >= 15 is 4.39 Å². The molecular formula is C28H28FN6OP. The lowest BCUT2D eigenvalue weighted by atomic mass is 9.90. The highest BCUT2D eigenvalue weighted by Crippen LogP contribution is 2.35. The number of amides is 1. The zero-order valence-electron chi connectivity index (χ0n) is 20.9. The van der Waals surface area contributed by atoms with Crippen molar-refractivity contribution in [2.75, 3.05) is 5.32 Å². The number of rotatable bonds is 7. The van der Waals surface area contributed by atoms with Gasteiger partial charge in [0.25, 0.3) is 5.91 Å². The molecule has 37 heavy (non-hydrogen) atoms. The minimum absolute atomic E-state index is 0.270. The summed E-state index contributed by atoms with van der Waals surface area (Å²) >= 11 is 0. The zero-order chi connectivity index (χ0) is 26.1. The standard InChI is InChI=1S/C28H28FN6OP/c1-4-34-16-18(15-30-34)32-28(36)21-14-23-26(31-17(21)3)33-27(35(23)5-2)25(19-10-6-8-12-22(19)29)20-11-7-9-13-24(20)37/h6-16,25H,4-5,37H2,1-3H3,(H,32,36). The van der Waals surface area contributed by atoms with Crippen molar-refractivity contribution in [3.05, 3.63) is 101 Å². The lowest BCUT2D eigenvalue weighted by Gasteiger charge is -2.21. The molecule has 3 aromatic heterocycles. The van der Waals surface area contributed by atoms with Crippen LogP contribution >= 0.6 is 9.24 Å². The van der Waals surface area contributed by atoms with Gasteiger partial charge in [-0.15, -0.1) is 9.24 Å². The summed E-state index contributed by atoms with van der Waals surface area (Å²) in [6.45, 7) is 7.07. The summed E-state index contributed by atoms with van der Waals surface area (Å²) in [6.07, 6.45) is 3.41. The molecule has 7 nitrogen and oxygen atoms in total. The van der Waals surface area contributed by atoms with Crippen molar-refractivity contribution >= 4 is 37.3 Å². The first-order chi connectivity index (χ1) is 17.9. The van der Waals surface area contributed by atoms with Gasteiger partial charge in [-0.3, -0.25) is 9.48 Å². The molecule has 2 aromatic carbocycles. The van der Waals surface area contributed by atoms with Crippen LogP contribution in [0.2, 0.25) is 0 Å². The Labute approximate surface area is 217 Å². The third-order valence-electron chi connectivity index (χ3n) is 6.52. The number of pyridine rings is 1. The van der Waals surface area contributed by atoms with Crippen molar-refractivity contribution in [2.24, 2.45) is 0 Å². The Morgan fingerprint density at radius 1 is 1.05 bits per heavy atom. The third kappa shape index (κ3) is 4.65. The Morgan fingerprint density at radius 2 is 1.78 bits per heavy atom. The van der Waals surface area contributed by atoms with Crippen molar-refractivity contribution in [3.8, 4) is 0 Å². The summed E-state index contributed by atoms with van der Waals surface area (Å²) < 4.78 is 18.9. The molecule has 0 fully saturated rings. The van der Waals surface area contributed by atoms with Crippen molar-refractivity contribution in [2.45, 2.75) is 39.8 Å². The third-order valence-corrected chi connectivity index (χ3v) is 7.04. The largest absolute Gasteiger partial charge is 0.326 e. The van der Waals surface area contributed by atoms with Crippen LogP contribution in [-0.4, -0.2) is 30.2 Å². The van der Waals surface area contributed by atoms with E-state index in [-0.39, 0.29) is 11.7 Å². The fourth-order valence-electron chi connectivity index (χ4n) is 4.67. The zero-order valence-corrected chi connectivity index (χ0v) is 22.1. The molecule has 0 aliphatic carbocycles. The average Bonchev–Trinajstić information content (AvgIpc) is 3.49. The van der Waals surface area contributed by atoms with Gasteiger partial charge < -0.3 is 9.88 Å². The molecular weight excluding hydrogens is 486 g/mol. The summed E-state index contributed by atoms with van der Waals surface area (Å²) in [5.74, 6) is -0.353. The lowest BCUT2D eigenvalue weighted by molar-refractivity contribution is 0.102. The number of nitrogens with zero attached hydrogens (tertiary/aromatic N) is 5. The van der Waals surface area contributed by atoms with Gasteiger partial charge >= 0.3 is 0 Å². The topological polar surface area (TPSA) is 77.6 Å². The second-order valence-corrected chi connectivity index (χ2v) is 9.42. The molecule has 9 heteroatoms. The minimum atomic E-state index is -0.457. The van der Waals surface area contributed by atoms with E-state index < -0.39 is 5.92 Å². The predicted octanol–water partition coefficient (Wildman–Crippen LogP) is 5.05. The fraction of sp³-hybridized carbons (Fsp3) is 0.214. The number of aromatic nitrogens is 5. The Bertz CT molecular complexity index is 1560. The van der Waals surface area contributed by atoms with Crippen LogP contribution in [0.3, 0.4) is 0 Å². The Balaban J connectivity index is 1.65. The van der Waals surface area contributed by atoms with Gasteiger partial charge in [-0.05, 0) is 43.8 Å². The van der Waals surface area contributed by atoms with Gasteiger partial charge in [0.1, 0.15) is 11.6 Å². The van der Waals surface area contributed by atoms with Crippen molar-refractivity contribution < 1.29 is 9.18 Å². The highest BCUT2D eigenvalue weighted by molar-refractivity contribution is 7.27. The number of nitrogens with one attached hydrogen (secondary N) is 1. The molecule has 188 valence electrons. The molecule has 3 heterocycles. The van der Waals surface area contributed by atoms with Gasteiger partial charge in [0.05, 0.1) is 34.6 Å². The van der Waals surface area contributed by atoms with Crippen LogP contribution in [0.15, 0.2) is 67.0 Å². The number of carbonyl (C=O) groups is 1. The van der Waals surface area contributed by atoms with E-state index in [1.54, 1.807) is 36.1 Å². The second kappa shape index (κ2) is 10.2. The number of fused-ring (bicyclic) bond motifs is 1. The van der Waals surface area contributed by atoms with Crippen LogP contribution in [0, 0.1) is 12.7 Å². The first-order valence-corrected chi connectivity index (χ1v) is 12.8. The summed E-state index contributed by atoms with van der Waals surface area (Å²) in [4.78, 5) is 22.8. The van der Waals surface area contributed by atoms with E-state index in [2.05, 4.69) is 19.7 Å². The molecule has 5 rings (SSSR count). The molecule has 0 aliphatic heterocycles. The number of halogens is 1. The minimum Gasteiger partial charge on any atom is -0.326 e. The molecule has 5 aromatic rings. The number of anilines is 1. The molecule has 2 unspecified atom stereocenters. The van der Waals surface area contributed by atoms with Crippen molar-refractivity contribution in [1.29, 1.82) is 0 Å². The summed E-state index contributed by atoms with van der Waals surface area (Å²) in [7, 11) is 2.75. The van der Waals surface area contributed by atoms with E-state index in [0.29, 0.717) is 47.1 Å². The van der Waals surface area contributed by atoms with Crippen LogP contribution in [0.25, 0.3) is 11.2 Å². The molecule has 2 atom stereocenters. The second-order valence-electron chi connectivity index (χ2n) is 8.80. The van der Waals surface area contributed by atoms with E-state index in [1.807, 2.05) is 54.8 Å². The van der Waals surface area contributed by atoms with E-state index in [4.69, 9.17) is 9.97 Å². The van der Waals surface area contributed by atoms with Crippen LogP contribution in [-0.2, 0) is 13.1 Å². The molecule has 0 saturated carbocycles. The number of imidazole rings is 1. The van der Waals surface area contributed by atoms with Crippen LogP contribution < -0.4 is 10.6 Å². The van der Waals surface area contributed by atoms with Gasteiger partial charge in [-0.1, -0.05) is 42.5 Å². The van der Waals surface area contributed by atoms with Crippen LogP contribution in [0.4, 0.5) is 10.1 Å². The van der Waals surface area contributed by atoms with Gasteiger partial charge in [-0.2, -0.15) is 5.10 Å². The van der Waals surface area contributed by atoms with E-state index in [0.717, 1.165) is 16.4 Å². The quantitative estimate of drug-likeness (QED) is 0.309. The smallest absolute Gasteiger partial charge is 0.257 e. The average molecular weight is 515 g/mol. The molecule has 0 saturated heterocycles. The monoisotopic (exact) mass is 514 g/mol. The molecule has 0 radical (unpaired) electrons. The molecule has 0 bridgehead atoms. The van der Waals surface area contributed by atoms with Gasteiger partial charge in [0, 0.05) is 24.8 Å². The maximum atomic E-state index is 15.2. The number of aryl methyl sites for hydroxylation is 3. The predicted molar refractivity (Wildman–Crippen MR) is 147 cm³/mol. The first kappa shape index (κ1) is 24.8. The van der Waals surface area contributed by atoms with Crippen molar-refractivity contribution in [3.63, 3.8) is 0 Å². The molecule has 1 N–H and O–H groups in total. The van der Waals surface area contributed by atoms with Gasteiger partial charge in [-0.25, -0.2) is 14.4 Å². The Kier molecular flexibility index (Phi) is 6.85.